The summed E-state index contributed by atoms with van der Waals surface area (Å²) in [6.07, 6.45) is 0. The Morgan fingerprint density at radius 2 is 1.11 bits per heavy atom. The molecule has 0 amide bonds. The fourth-order valence-corrected chi connectivity index (χ4v) is 1.26. The van der Waals surface area contributed by atoms with Gasteiger partial charge in [-0.3, -0.25) is 0 Å². The Morgan fingerprint density at radius 1 is 0.778 bits per heavy atom. The first-order valence-electron chi connectivity index (χ1n) is 4.96. The molecule has 0 aliphatic carbocycles. The normalized spacial score (nSPS) is 8.50. The smallest absolute Gasteiger partial charge is 1.00 e. The molecule has 1 N–H and O–H groups in total. The molecule has 3 radical (unpaired) electrons. The third kappa shape index (κ3) is 6.20. The summed E-state index contributed by atoms with van der Waals surface area (Å²) in [5.41, 5.74) is 0. The van der Waals surface area contributed by atoms with Crippen LogP contribution in [-0.2, 0) is 0 Å². The Kier molecular flexibility index (Phi) is 9.78. The molecule has 0 fully saturated rings. The summed E-state index contributed by atoms with van der Waals surface area (Å²) < 4.78 is 10.3. The van der Waals surface area contributed by atoms with Crippen molar-refractivity contribution in [3.63, 3.8) is 0 Å². The van der Waals surface area contributed by atoms with Crippen molar-refractivity contribution in [3.8, 4) is 11.5 Å². The molecule has 18 heavy (non-hydrogen) atoms. The summed E-state index contributed by atoms with van der Waals surface area (Å²) in [7, 11) is -1.30. The van der Waals surface area contributed by atoms with Gasteiger partial charge in [0, 0.05) is 8.41 Å². The maximum absolute atomic E-state index is 9.51. The number of hydrogen-bond acceptors (Lipinski definition) is 3. The molecule has 0 aromatic heterocycles. The van der Waals surface area contributed by atoms with E-state index in [9.17, 15) is 5.02 Å². The molecule has 0 unspecified atom stereocenters. The molecule has 0 aliphatic rings. The van der Waals surface area contributed by atoms with Gasteiger partial charge in [-0.2, -0.15) is 0 Å². The Morgan fingerprint density at radius 3 is 1.44 bits per heavy atom. The van der Waals surface area contributed by atoms with Crippen LogP contribution in [-0.4, -0.2) is 20.8 Å². The summed E-state index contributed by atoms with van der Waals surface area (Å²) in [5, 5.41) is 9.51. The molecule has 0 aliphatic heterocycles. The van der Waals surface area contributed by atoms with E-state index >= 15 is 0 Å². The second-order valence-corrected chi connectivity index (χ2v) is 3.17. The van der Waals surface area contributed by atoms with Crippen molar-refractivity contribution in [3.05, 3.63) is 60.7 Å². The van der Waals surface area contributed by atoms with Crippen LogP contribution < -0.4 is 67.5 Å². The van der Waals surface area contributed by atoms with Gasteiger partial charge in [-0.15, -0.1) is 0 Å². The topological polar surface area (TPSA) is 38.7 Å². The van der Waals surface area contributed by atoms with Crippen LogP contribution in [0, 0.1) is 0 Å². The largest absolute Gasteiger partial charge is 1.00 e. The molecule has 0 saturated heterocycles. The molecule has 2 aromatic carbocycles. The van der Waals surface area contributed by atoms with Gasteiger partial charge in [0.05, 0.1) is 0 Å². The Labute approximate surface area is 160 Å². The second kappa shape index (κ2) is 9.81. The van der Waals surface area contributed by atoms with Gasteiger partial charge in [0.2, 0.25) is 0 Å². The van der Waals surface area contributed by atoms with Gasteiger partial charge in [0.15, 0.2) is 0 Å². The van der Waals surface area contributed by atoms with Crippen LogP contribution in [0.4, 0.5) is 0 Å². The second-order valence-electron chi connectivity index (χ2n) is 3.17. The van der Waals surface area contributed by atoms with E-state index in [1.807, 2.05) is 36.4 Å². The van der Waals surface area contributed by atoms with E-state index in [0.29, 0.717) is 11.5 Å². The van der Waals surface area contributed by atoms with Crippen molar-refractivity contribution in [1.82, 2.24) is 0 Å². The van der Waals surface area contributed by atoms with Crippen molar-refractivity contribution in [2.75, 3.05) is 0 Å². The van der Waals surface area contributed by atoms with E-state index in [4.69, 9.17) is 9.31 Å². The van der Waals surface area contributed by atoms with Gasteiger partial charge in [-0.1, -0.05) is 36.4 Å². The summed E-state index contributed by atoms with van der Waals surface area (Å²) in [6, 6.07) is 18.0. The molecule has 0 atom stereocenters. The van der Waals surface area contributed by atoms with Gasteiger partial charge in [-0.05, 0) is 24.3 Å². The minimum absolute atomic E-state index is 0. The van der Waals surface area contributed by atoms with Crippen LogP contribution in [0.2, 0.25) is 0 Å². The molecule has 3 nitrogen and oxygen atoms in total. The van der Waals surface area contributed by atoms with Crippen LogP contribution in [0.5, 0.6) is 11.5 Å². The van der Waals surface area contributed by atoms with Crippen LogP contribution >= 0.6 is 0 Å². The zero-order valence-electron chi connectivity index (χ0n) is 11.2. The third-order valence-corrected chi connectivity index (χ3v) is 1.96. The van der Waals surface area contributed by atoms with Crippen molar-refractivity contribution in [2.24, 2.45) is 0 Å². The molecule has 2 rings (SSSR count). The Hall–Kier alpha value is -0.0649. The van der Waals surface area contributed by atoms with Gasteiger partial charge in [0.25, 0.3) is 0 Å². The SMILES string of the molecule is OB(Oc1ccccc1)Oc1ccccc1.[B].[H-].[Rb+]. The van der Waals surface area contributed by atoms with Gasteiger partial charge < -0.3 is 15.8 Å². The maximum Gasteiger partial charge on any atom is 1.00 e. The van der Waals surface area contributed by atoms with E-state index in [-0.39, 0.29) is 68.0 Å². The average molecular weight is 311 g/mol. The van der Waals surface area contributed by atoms with Gasteiger partial charge in [-0.25, -0.2) is 0 Å². The minimum atomic E-state index is -1.30. The van der Waals surface area contributed by atoms with Crippen molar-refractivity contribution >= 4 is 15.7 Å². The predicted octanol–water partition coefficient (Wildman–Crippen LogP) is -1.14. The molecule has 85 valence electrons. The number of benzene rings is 2. The quantitative estimate of drug-likeness (QED) is 0.726. The zero-order valence-corrected chi connectivity index (χ0v) is 15.1. The Balaban J connectivity index is 0. The van der Waals surface area contributed by atoms with E-state index in [2.05, 4.69) is 0 Å². The van der Waals surface area contributed by atoms with Crippen LogP contribution in [0.25, 0.3) is 0 Å². The van der Waals surface area contributed by atoms with E-state index < -0.39 is 7.32 Å². The maximum atomic E-state index is 9.51. The van der Waals surface area contributed by atoms with Crippen molar-refractivity contribution in [1.29, 1.82) is 0 Å². The zero-order chi connectivity index (χ0) is 11.2. The summed E-state index contributed by atoms with van der Waals surface area (Å²) in [5.74, 6) is 1.12. The summed E-state index contributed by atoms with van der Waals surface area (Å²) in [6.45, 7) is 0. The number of hydrogen-bond donors (Lipinski definition) is 1. The van der Waals surface area contributed by atoms with E-state index in [1.54, 1.807) is 24.3 Å². The van der Waals surface area contributed by atoms with Crippen molar-refractivity contribution in [2.45, 2.75) is 0 Å². The molecule has 0 saturated carbocycles. The molecular formula is C12H12B2O3Rb. The van der Waals surface area contributed by atoms with Gasteiger partial charge >= 0.3 is 65.5 Å². The fourth-order valence-electron chi connectivity index (χ4n) is 1.26. The average Bonchev–Trinajstić information content (AvgIpc) is 2.31. The monoisotopic (exact) mass is 311 g/mol. The summed E-state index contributed by atoms with van der Waals surface area (Å²) in [4.78, 5) is 0. The third-order valence-electron chi connectivity index (χ3n) is 1.96. The molecule has 0 bridgehead atoms. The van der Waals surface area contributed by atoms with Gasteiger partial charge in [0.1, 0.15) is 11.5 Å². The molecule has 6 heteroatoms. The molecule has 0 heterocycles. The van der Waals surface area contributed by atoms with E-state index in [1.165, 1.54) is 0 Å². The predicted molar refractivity (Wildman–Crippen MR) is 69.0 cm³/mol. The molecule has 0 spiro atoms. The summed E-state index contributed by atoms with van der Waals surface area (Å²) >= 11 is 0. The number of para-hydroxylation sites is 2. The molecular weight excluding hydrogens is 299 g/mol. The first-order chi connectivity index (χ1) is 7.84. The fraction of sp³-hybridized carbons (Fsp3) is 0. The van der Waals surface area contributed by atoms with Crippen LogP contribution in [0.1, 0.15) is 1.43 Å². The van der Waals surface area contributed by atoms with Crippen LogP contribution in [0.3, 0.4) is 0 Å². The first-order valence-corrected chi connectivity index (χ1v) is 4.96. The standard InChI is InChI=1S/C12H11BO3.B.Rb.H/c14-13(15-11-7-3-1-4-8-11)16-12-9-5-2-6-10-12;;;/h1-10,14H;;;/q;;+1;-1. The first kappa shape index (κ1) is 17.9. The van der Waals surface area contributed by atoms with E-state index in [0.717, 1.165) is 0 Å². The van der Waals surface area contributed by atoms with Crippen LogP contribution in [0.15, 0.2) is 60.7 Å². The molecule has 2 aromatic rings. The Bertz CT molecular complexity index is 392. The minimum Gasteiger partial charge on any atom is -1.00 e. The number of rotatable bonds is 4. The van der Waals surface area contributed by atoms with Crippen molar-refractivity contribution < 1.29 is 73.9 Å².